The van der Waals surface area contributed by atoms with Gasteiger partial charge in [-0.05, 0) is 49.6 Å². The molecule has 0 fully saturated rings. The lowest BCUT2D eigenvalue weighted by Gasteiger charge is -2.30. The van der Waals surface area contributed by atoms with Crippen molar-refractivity contribution in [1.29, 1.82) is 0 Å². The maximum atomic E-state index is 13.0. The number of nitrogens with zero attached hydrogens (tertiary/aromatic N) is 2. The summed E-state index contributed by atoms with van der Waals surface area (Å²) >= 11 is 0. The summed E-state index contributed by atoms with van der Waals surface area (Å²) in [6.45, 7) is 7.91. The van der Waals surface area contributed by atoms with E-state index in [4.69, 9.17) is 14.2 Å². The minimum Gasteiger partial charge on any atom is -0.493 e. The van der Waals surface area contributed by atoms with E-state index in [2.05, 4.69) is 36.9 Å². The van der Waals surface area contributed by atoms with Crippen LogP contribution in [0.4, 0.5) is 0 Å². The molecule has 1 amide bonds. The Morgan fingerprint density at radius 2 is 1.81 bits per heavy atom. The molecule has 0 saturated carbocycles. The molecule has 0 aromatic heterocycles. The Balaban J connectivity index is 1.39. The fraction of sp³-hybridized carbons (Fsp3) is 0.480. The molecule has 0 radical (unpaired) electrons. The average molecular weight is 425 g/mol. The molecule has 2 heterocycles. The Morgan fingerprint density at radius 3 is 2.55 bits per heavy atom. The number of fused-ring (bicyclic) bond motifs is 2. The van der Waals surface area contributed by atoms with E-state index in [9.17, 15) is 4.79 Å². The molecule has 1 unspecified atom stereocenters. The third kappa shape index (κ3) is 4.79. The molecule has 2 aromatic rings. The highest BCUT2D eigenvalue weighted by Crippen LogP contribution is 2.33. The molecule has 2 aromatic carbocycles. The van der Waals surface area contributed by atoms with Crippen molar-refractivity contribution in [1.82, 2.24) is 9.80 Å². The fourth-order valence-electron chi connectivity index (χ4n) is 4.55. The number of methoxy groups -OCH3 is 2. The van der Waals surface area contributed by atoms with Crippen molar-refractivity contribution in [3.8, 4) is 17.2 Å². The van der Waals surface area contributed by atoms with Gasteiger partial charge in [-0.3, -0.25) is 9.69 Å². The van der Waals surface area contributed by atoms with Crippen LogP contribution in [0.2, 0.25) is 0 Å². The van der Waals surface area contributed by atoms with Gasteiger partial charge in [0.05, 0.1) is 14.2 Å². The Morgan fingerprint density at radius 1 is 1.06 bits per heavy atom. The molecule has 1 atom stereocenters. The van der Waals surface area contributed by atoms with Gasteiger partial charge in [-0.15, -0.1) is 0 Å². The highest BCUT2D eigenvalue weighted by atomic mass is 16.5. The zero-order chi connectivity index (χ0) is 22.0. The molecule has 6 heteroatoms. The van der Waals surface area contributed by atoms with Gasteiger partial charge in [0.15, 0.2) is 11.5 Å². The Kier molecular flexibility index (Phi) is 6.37. The van der Waals surface area contributed by atoms with Crippen molar-refractivity contribution in [3.05, 3.63) is 52.6 Å². The van der Waals surface area contributed by atoms with Crippen LogP contribution in [0.3, 0.4) is 0 Å². The predicted molar refractivity (Wildman–Crippen MR) is 120 cm³/mol. The van der Waals surface area contributed by atoms with Crippen LogP contribution in [0, 0.1) is 6.92 Å². The Bertz CT molecular complexity index is 959. The summed E-state index contributed by atoms with van der Waals surface area (Å²) in [5.74, 6) is 2.61. The number of ether oxygens (including phenoxy) is 3. The molecule has 2 aliphatic heterocycles. The molecule has 0 N–H and O–H groups in total. The Hall–Kier alpha value is -2.73. The van der Waals surface area contributed by atoms with Gasteiger partial charge in [0.25, 0.3) is 0 Å². The number of hydrogen-bond acceptors (Lipinski definition) is 5. The number of benzene rings is 2. The molecule has 0 spiro atoms. The molecule has 31 heavy (non-hydrogen) atoms. The quantitative estimate of drug-likeness (QED) is 0.735. The third-order valence-electron chi connectivity index (χ3n) is 6.17. The van der Waals surface area contributed by atoms with E-state index >= 15 is 0 Å². The normalized spacial score (nSPS) is 18.5. The minimum atomic E-state index is 0.100. The molecule has 2 aliphatic rings. The lowest BCUT2D eigenvalue weighted by Crippen LogP contribution is -2.39. The molecule has 6 nitrogen and oxygen atoms in total. The minimum absolute atomic E-state index is 0.100. The highest BCUT2D eigenvalue weighted by molar-refractivity contribution is 5.76. The van der Waals surface area contributed by atoms with Crippen LogP contribution >= 0.6 is 0 Å². The van der Waals surface area contributed by atoms with Crippen molar-refractivity contribution in [2.24, 2.45) is 0 Å². The van der Waals surface area contributed by atoms with E-state index in [-0.39, 0.29) is 12.0 Å². The van der Waals surface area contributed by atoms with Gasteiger partial charge in [0.2, 0.25) is 5.91 Å². The highest BCUT2D eigenvalue weighted by Gasteiger charge is 2.25. The summed E-state index contributed by atoms with van der Waals surface area (Å²) < 4.78 is 16.9. The van der Waals surface area contributed by atoms with E-state index in [0.29, 0.717) is 18.7 Å². The van der Waals surface area contributed by atoms with Crippen molar-refractivity contribution < 1.29 is 19.0 Å². The monoisotopic (exact) mass is 424 g/mol. The van der Waals surface area contributed by atoms with E-state index in [1.165, 1.54) is 16.7 Å². The first-order valence-corrected chi connectivity index (χ1v) is 11.0. The van der Waals surface area contributed by atoms with Crippen molar-refractivity contribution >= 4 is 5.91 Å². The third-order valence-corrected chi connectivity index (χ3v) is 6.17. The van der Waals surface area contributed by atoms with E-state index in [1.807, 2.05) is 17.0 Å². The van der Waals surface area contributed by atoms with Crippen LogP contribution in [0.15, 0.2) is 30.3 Å². The van der Waals surface area contributed by atoms with Crippen LogP contribution in [0.25, 0.3) is 0 Å². The number of amides is 1. The van der Waals surface area contributed by atoms with Gasteiger partial charge in [-0.1, -0.05) is 17.7 Å². The smallest absolute Gasteiger partial charge is 0.224 e. The van der Waals surface area contributed by atoms with Gasteiger partial charge in [0, 0.05) is 44.7 Å². The summed E-state index contributed by atoms with van der Waals surface area (Å²) in [6.07, 6.45) is 1.45. The van der Waals surface area contributed by atoms with Gasteiger partial charge in [0.1, 0.15) is 11.9 Å². The first-order valence-electron chi connectivity index (χ1n) is 11.0. The second-order valence-corrected chi connectivity index (χ2v) is 8.57. The summed E-state index contributed by atoms with van der Waals surface area (Å²) in [4.78, 5) is 17.3. The lowest BCUT2D eigenvalue weighted by atomic mass is 9.98. The molecular weight excluding hydrogens is 392 g/mol. The zero-order valence-corrected chi connectivity index (χ0v) is 18.9. The van der Waals surface area contributed by atoms with Gasteiger partial charge in [-0.2, -0.15) is 0 Å². The SMILES string of the molecule is COc1cc2c(cc1OC)CN(C(=O)CCN1Cc3cc(C)ccc3OC(C)C1)CC2. The van der Waals surface area contributed by atoms with Gasteiger partial charge >= 0.3 is 0 Å². The largest absolute Gasteiger partial charge is 0.493 e. The van der Waals surface area contributed by atoms with Crippen LogP contribution in [-0.4, -0.2) is 55.7 Å². The number of carbonyl (C=O) groups excluding carboxylic acids is 1. The molecular formula is C25H32N2O4. The number of hydrogen-bond donors (Lipinski definition) is 0. The Labute approximate surface area is 184 Å². The molecule has 0 aliphatic carbocycles. The number of carbonyl (C=O) groups is 1. The molecule has 0 bridgehead atoms. The first-order chi connectivity index (χ1) is 15.0. The zero-order valence-electron chi connectivity index (χ0n) is 18.9. The lowest BCUT2D eigenvalue weighted by molar-refractivity contribution is -0.132. The van der Waals surface area contributed by atoms with Crippen molar-refractivity contribution in [2.75, 3.05) is 33.9 Å². The standard InChI is InChI=1S/C25H32N2O4/c1-17-5-6-22-21(11-17)15-26(14-18(2)31-22)9-8-25(28)27-10-7-19-12-23(29-3)24(30-4)13-20(19)16-27/h5-6,11-13,18H,7-10,14-16H2,1-4H3. The van der Waals surface area contributed by atoms with Crippen LogP contribution in [-0.2, 0) is 24.3 Å². The van der Waals surface area contributed by atoms with Gasteiger partial charge in [-0.25, -0.2) is 0 Å². The van der Waals surface area contributed by atoms with Crippen LogP contribution in [0.1, 0.15) is 35.6 Å². The summed E-state index contributed by atoms with van der Waals surface area (Å²) in [5.41, 5.74) is 4.79. The predicted octanol–water partition coefficient (Wildman–Crippen LogP) is 3.57. The maximum Gasteiger partial charge on any atom is 0.224 e. The van der Waals surface area contributed by atoms with Crippen molar-refractivity contribution in [3.63, 3.8) is 0 Å². The number of rotatable bonds is 5. The molecule has 4 rings (SSSR count). The van der Waals surface area contributed by atoms with E-state index < -0.39 is 0 Å². The summed E-state index contributed by atoms with van der Waals surface area (Å²) in [5, 5.41) is 0. The summed E-state index contributed by atoms with van der Waals surface area (Å²) in [6, 6.07) is 10.4. The van der Waals surface area contributed by atoms with Crippen molar-refractivity contribution in [2.45, 2.75) is 45.9 Å². The molecule has 0 saturated heterocycles. The van der Waals surface area contributed by atoms with E-state index in [0.717, 1.165) is 49.7 Å². The first kappa shape index (κ1) is 21.5. The van der Waals surface area contributed by atoms with Crippen LogP contribution < -0.4 is 14.2 Å². The summed E-state index contributed by atoms with van der Waals surface area (Å²) in [7, 11) is 3.29. The second kappa shape index (κ2) is 9.18. The fourth-order valence-corrected chi connectivity index (χ4v) is 4.55. The topological polar surface area (TPSA) is 51.2 Å². The average Bonchev–Trinajstić information content (AvgIpc) is 2.93. The van der Waals surface area contributed by atoms with Crippen LogP contribution in [0.5, 0.6) is 17.2 Å². The van der Waals surface area contributed by atoms with E-state index in [1.54, 1.807) is 14.2 Å². The maximum absolute atomic E-state index is 13.0. The second-order valence-electron chi connectivity index (χ2n) is 8.57. The van der Waals surface area contributed by atoms with Gasteiger partial charge < -0.3 is 19.1 Å². The molecule has 166 valence electrons. The number of aryl methyl sites for hydroxylation is 1.